The third-order valence-corrected chi connectivity index (χ3v) is 4.43. The molecule has 0 spiro atoms. The number of nitrogens with zero attached hydrogens (tertiary/aromatic N) is 1. The molecule has 0 fully saturated rings. The van der Waals surface area contributed by atoms with Gasteiger partial charge in [0.05, 0.1) is 17.9 Å². The quantitative estimate of drug-likeness (QED) is 0.381. The smallest absolute Gasteiger partial charge is 0.335 e. The summed E-state index contributed by atoms with van der Waals surface area (Å²) >= 11 is 0. The van der Waals surface area contributed by atoms with E-state index in [2.05, 4.69) is 11.9 Å². The fourth-order valence-electron chi connectivity index (χ4n) is 2.80. The van der Waals surface area contributed by atoms with Gasteiger partial charge in [-0.1, -0.05) is 51.2 Å². The van der Waals surface area contributed by atoms with Crippen molar-refractivity contribution in [2.75, 3.05) is 6.61 Å². The summed E-state index contributed by atoms with van der Waals surface area (Å²) in [7, 11) is 0. The van der Waals surface area contributed by atoms with E-state index < -0.39 is 5.97 Å². The average molecular weight is 367 g/mol. The third kappa shape index (κ3) is 7.26. The van der Waals surface area contributed by atoms with E-state index in [-0.39, 0.29) is 5.56 Å². The Morgan fingerprint density at radius 3 is 2.41 bits per heavy atom. The van der Waals surface area contributed by atoms with Gasteiger partial charge in [0.1, 0.15) is 5.75 Å². The van der Waals surface area contributed by atoms with Crippen molar-refractivity contribution in [3.05, 3.63) is 59.2 Å². The Morgan fingerprint density at radius 2 is 1.74 bits per heavy atom. The van der Waals surface area contributed by atoms with Crippen LogP contribution < -0.4 is 4.74 Å². The number of carbonyl (C=O) groups is 1. The number of carboxylic acids is 1. The maximum absolute atomic E-state index is 10.9. The minimum Gasteiger partial charge on any atom is -0.493 e. The summed E-state index contributed by atoms with van der Waals surface area (Å²) in [4.78, 5) is 15.3. The Morgan fingerprint density at radius 1 is 1.04 bits per heavy atom. The molecule has 0 aliphatic carbocycles. The number of ether oxygens (including phenoxy) is 1. The van der Waals surface area contributed by atoms with Crippen LogP contribution in [0.1, 0.15) is 66.9 Å². The maximum Gasteiger partial charge on any atom is 0.335 e. The highest BCUT2D eigenvalue weighted by Crippen LogP contribution is 2.24. The molecule has 4 nitrogen and oxygen atoms in total. The largest absolute Gasteiger partial charge is 0.493 e. The second-order valence-corrected chi connectivity index (χ2v) is 6.75. The van der Waals surface area contributed by atoms with Gasteiger partial charge in [-0.3, -0.25) is 4.99 Å². The van der Waals surface area contributed by atoms with E-state index in [1.165, 1.54) is 32.1 Å². The number of carboxylic acid groups (broad SMARTS) is 1. The van der Waals surface area contributed by atoms with Gasteiger partial charge < -0.3 is 9.84 Å². The molecule has 4 heteroatoms. The first-order valence-electron chi connectivity index (χ1n) is 9.71. The molecule has 0 atom stereocenters. The topological polar surface area (TPSA) is 58.9 Å². The fourth-order valence-corrected chi connectivity index (χ4v) is 2.80. The molecule has 2 aromatic rings. The molecule has 0 heterocycles. The number of rotatable bonds is 11. The van der Waals surface area contributed by atoms with E-state index in [0.717, 1.165) is 35.6 Å². The third-order valence-electron chi connectivity index (χ3n) is 4.43. The molecular formula is C23H29NO3. The Labute approximate surface area is 161 Å². The predicted octanol–water partition coefficient (Wildman–Crippen LogP) is 6.18. The summed E-state index contributed by atoms with van der Waals surface area (Å²) in [6.07, 6.45) is 9.26. The molecule has 0 aliphatic heterocycles. The van der Waals surface area contributed by atoms with Gasteiger partial charge in [-0.15, -0.1) is 0 Å². The minimum atomic E-state index is -0.925. The molecule has 2 aromatic carbocycles. The van der Waals surface area contributed by atoms with E-state index in [1.807, 2.05) is 25.1 Å². The Balaban J connectivity index is 1.83. The van der Waals surface area contributed by atoms with Gasteiger partial charge in [0.25, 0.3) is 0 Å². The number of unbranched alkanes of at least 4 members (excludes halogenated alkanes) is 5. The van der Waals surface area contributed by atoms with Gasteiger partial charge in [-0.2, -0.15) is 0 Å². The molecule has 1 N–H and O–H groups in total. The monoisotopic (exact) mass is 367 g/mol. The summed E-state index contributed by atoms with van der Waals surface area (Å²) in [5.41, 5.74) is 3.05. The first kappa shape index (κ1) is 20.7. The van der Waals surface area contributed by atoms with E-state index in [1.54, 1.807) is 30.5 Å². The summed E-state index contributed by atoms with van der Waals surface area (Å²) in [5, 5.41) is 8.92. The SMILES string of the molecule is CCCCCCCCOc1ccc(N=Cc2ccc(C(=O)O)cc2)cc1C. The lowest BCUT2D eigenvalue weighted by molar-refractivity contribution is 0.0697. The van der Waals surface area contributed by atoms with Crippen LogP contribution in [0.15, 0.2) is 47.5 Å². The molecule has 2 rings (SSSR count). The van der Waals surface area contributed by atoms with Gasteiger partial charge in [-0.25, -0.2) is 4.79 Å². The Kier molecular flexibility index (Phi) is 8.56. The van der Waals surface area contributed by atoms with Crippen molar-refractivity contribution >= 4 is 17.9 Å². The van der Waals surface area contributed by atoms with Crippen LogP contribution in [0.3, 0.4) is 0 Å². The van der Waals surface area contributed by atoms with Crippen molar-refractivity contribution in [2.45, 2.75) is 52.4 Å². The number of hydrogen-bond acceptors (Lipinski definition) is 3. The molecule has 0 amide bonds. The first-order chi connectivity index (χ1) is 13.1. The van der Waals surface area contributed by atoms with Crippen LogP contribution >= 0.6 is 0 Å². The zero-order chi connectivity index (χ0) is 19.5. The zero-order valence-corrected chi connectivity index (χ0v) is 16.3. The molecule has 0 bridgehead atoms. The van der Waals surface area contributed by atoms with Gasteiger partial charge in [0.2, 0.25) is 0 Å². The summed E-state index contributed by atoms with van der Waals surface area (Å²) in [6, 6.07) is 12.6. The number of aromatic carboxylic acids is 1. The lowest BCUT2D eigenvalue weighted by atomic mass is 10.1. The standard InChI is InChI=1S/C23H29NO3/c1-3-4-5-6-7-8-15-27-22-14-13-21(16-18(22)2)24-17-19-9-11-20(12-10-19)23(25)26/h9-14,16-17H,3-8,15H2,1-2H3,(H,25,26). The van der Waals surface area contributed by atoms with Crippen LogP contribution in [0.5, 0.6) is 5.75 Å². The molecule has 0 unspecified atom stereocenters. The van der Waals surface area contributed by atoms with Crippen molar-refractivity contribution in [3.8, 4) is 5.75 Å². The van der Waals surface area contributed by atoms with Gasteiger partial charge in [0.15, 0.2) is 0 Å². The number of aryl methyl sites for hydroxylation is 1. The molecular weight excluding hydrogens is 338 g/mol. The highest BCUT2D eigenvalue weighted by molar-refractivity contribution is 5.89. The molecule has 0 saturated heterocycles. The number of benzene rings is 2. The summed E-state index contributed by atoms with van der Waals surface area (Å²) in [5.74, 6) is -0.0148. The summed E-state index contributed by atoms with van der Waals surface area (Å²) < 4.78 is 5.89. The molecule has 0 radical (unpaired) electrons. The van der Waals surface area contributed by atoms with Gasteiger partial charge in [-0.05, 0) is 54.8 Å². The normalized spacial score (nSPS) is 11.0. The van der Waals surface area contributed by atoms with Crippen LogP contribution in [0.2, 0.25) is 0 Å². The lowest BCUT2D eigenvalue weighted by Crippen LogP contribution is -1.98. The minimum absolute atomic E-state index is 0.273. The van der Waals surface area contributed by atoms with Crippen LogP contribution in [0.4, 0.5) is 5.69 Å². The number of hydrogen-bond donors (Lipinski definition) is 1. The first-order valence-corrected chi connectivity index (χ1v) is 9.71. The number of aliphatic imine (C=N–C) groups is 1. The highest BCUT2D eigenvalue weighted by Gasteiger charge is 2.02. The van der Waals surface area contributed by atoms with Gasteiger partial charge in [0, 0.05) is 6.21 Å². The predicted molar refractivity (Wildman–Crippen MR) is 111 cm³/mol. The molecule has 0 saturated carbocycles. The van der Waals surface area contributed by atoms with E-state index >= 15 is 0 Å². The van der Waals surface area contributed by atoms with Crippen molar-refractivity contribution < 1.29 is 14.6 Å². The fraction of sp³-hybridized carbons (Fsp3) is 0.391. The maximum atomic E-state index is 10.9. The lowest BCUT2D eigenvalue weighted by Gasteiger charge is -2.09. The Hall–Kier alpha value is -2.62. The molecule has 27 heavy (non-hydrogen) atoms. The molecule has 0 aromatic heterocycles. The highest BCUT2D eigenvalue weighted by atomic mass is 16.5. The van der Waals surface area contributed by atoms with Crippen molar-refractivity contribution in [1.29, 1.82) is 0 Å². The van der Waals surface area contributed by atoms with Crippen molar-refractivity contribution in [2.24, 2.45) is 4.99 Å². The second kappa shape index (κ2) is 11.2. The Bertz CT molecular complexity index is 751. The molecule has 0 aliphatic rings. The van der Waals surface area contributed by atoms with Crippen LogP contribution in [0.25, 0.3) is 0 Å². The summed E-state index contributed by atoms with van der Waals surface area (Å²) in [6.45, 7) is 5.01. The van der Waals surface area contributed by atoms with E-state index in [0.29, 0.717) is 0 Å². The average Bonchev–Trinajstić information content (AvgIpc) is 2.67. The van der Waals surface area contributed by atoms with E-state index in [4.69, 9.17) is 9.84 Å². The van der Waals surface area contributed by atoms with Crippen LogP contribution in [-0.4, -0.2) is 23.9 Å². The van der Waals surface area contributed by atoms with Gasteiger partial charge >= 0.3 is 5.97 Å². The van der Waals surface area contributed by atoms with Crippen molar-refractivity contribution in [3.63, 3.8) is 0 Å². The second-order valence-electron chi connectivity index (χ2n) is 6.75. The molecule has 144 valence electrons. The zero-order valence-electron chi connectivity index (χ0n) is 16.3. The van der Waals surface area contributed by atoms with Crippen LogP contribution in [0, 0.1) is 6.92 Å². The van der Waals surface area contributed by atoms with Crippen molar-refractivity contribution in [1.82, 2.24) is 0 Å². The van der Waals surface area contributed by atoms with Crippen LogP contribution in [-0.2, 0) is 0 Å². The van der Waals surface area contributed by atoms with E-state index in [9.17, 15) is 4.79 Å².